The van der Waals surface area contributed by atoms with E-state index < -0.39 is 17.5 Å². The van der Waals surface area contributed by atoms with Crippen LogP contribution in [0.3, 0.4) is 0 Å². The average molecular weight is 289 g/mol. The normalized spacial score (nSPS) is 12.7. The van der Waals surface area contributed by atoms with E-state index in [0.29, 0.717) is 11.0 Å². The molecule has 1 N–H and O–H groups in total. The third-order valence-electron chi connectivity index (χ3n) is 3.23. The van der Waals surface area contributed by atoms with E-state index in [9.17, 15) is 14.3 Å². The molecule has 2 heterocycles. The Balaban J connectivity index is 1.97. The molecule has 0 saturated carbocycles. The van der Waals surface area contributed by atoms with Crippen LogP contribution >= 0.6 is 0 Å². The number of fused-ring (bicyclic) bond motifs is 1. The molecular formula is C13H12FN5O2. The van der Waals surface area contributed by atoms with Crippen LogP contribution in [-0.2, 0) is 13.6 Å². The van der Waals surface area contributed by atoms with Crippen LogP contribution in [0.5, 0.6) is 0 Å². The highest BCUT2D eigenvalue weighted by atomic mass is 19.1. The van der Waals surface area contributed by atoms with E-state index in [1.54, 1.807) is 13.1 Å². The number of aliphatic hydroxyl groups is 1. The molecule has 0 bridgehead atoms. The van der Waals surface area contributed by atoms with Crippen molar-refractivity contribution in [1.29, 1.82) is 0 Å². The van der Waals surface area contributed by atoms with Gasteiger partial charge in [-0.1, -0.05) is 23.4 Å². The molecule has 0 amide bonds. The summed E-state index contributed by atoms with van der Waals surface area (Å²) in [6, 6.07) is 5.85. The maximum atomic E-state index is 13.6. The fraction of sp³-hybridized carbons (Fsp3) is 0.231. The van der Waals surface area contributed by atoms with Gasteiger partial charge in [0.1, 0.15) is 17.3 Å². The summed E-state index contributed by atoms with van der Waals surface area (Å²) in [6.45, 7) is -0.183. The molecule has 7 nitrogen and oxygen atoms in total. The van der Waals surface area contributed by atoms with Crippen molar-refractivity contribution in [1.82, 2.24) is 24.8 Å². The number of aryl methyl sites for hydroxylation is 1. The lowest BCUT2D eigenvalue weighted by atomic mass is 10.1. The molecule has 0 radical (unpaired) electrons. The van der Waals surface area contributed by atoms with Crippen molar-refractivity contribution in [3.05, 3.63) is 52.2 Å². The highest BCUT2D eigenvalue weighted by Crippen LogP contribution is 2.17. The molecule has 3 rings (SSSR count). The number of nitrogens with zero attached hydrogens (tertiary/aromatic N) is 5. The first-order valence-corrected chi connectivity index (χ1v) is 6.26. The van der Waals surface area contributed by atoms with E-state index in [0.717, 1.165) is 4.68 Å². The first-order valence-electron chi connectivity index (χ1n) is 6.26. The molecule has 0 aliphatic carbocycles. The van der Waals surface area contributed by atoms with Gasteiger partial charge in [0.15, 0.2) is 5.65 Å². The Morgan fingerprint density at radius 1 is 1.38 bits per heavy atom. The molecule has 0 fully saturated rings. The van der Waals surface area contributed by atoms with Crippen molar-refractivity contribution < 1.29 is 9.50 Å². The quantitative estimate of drug-likeness (QED) is 0.754. The highest BCUT2D eigenvalue weighted by molar-refractivity contribution is 5.72. The van der Waals surface area contributed by atoms with Gasteiger partial charge in [-0.15, -0.1) is 5.10 Å². The lowest BCUT2D eigenvalue weighted by Gasteiger charge is -2.12. The molecule has 0 spiro atoms. The van der Waals surface area contributed by atoms with Crippen LogP contribution in [0.4, 0.5) is 4.39 Å². The molecule has 0 aliphatic heterocycles. The van der Waals surface area contributed by atoms with E-state index in [4.69, 9.17) is 0 Å². The van der Waals surface area contributed by atoms with Gasteiger partial charge in [0.05, 0.1) is 12.7 Å². The number of hydrogen-bond donors (Lipinski definition) is 1. The zero-order valence-electron chi connectivity index (χ0n) is 11.1. The van der Waals surface area contributed by atoms with Crippen molar-refractivity contribution in [3.8, 4) is 0 Å². The van der Waals surface area contributed by atoms with Crippen LogP contribution in [0, 0.1) is 5.82 Å². The number of aliphatic hydroxyl groups excluding tert-OH is 1. The van der Waals surface area contributed by atoms with E-state index in [1.807, 2.05) is 0 Å². The van der Waals surface area contributed by atoms with Crippen LogP contribution in [0.2, 0.25) is 0 Å². The number of aromatic nitrogens is 5. The Morgan fingerprint density at radius 3 is 2.90 bits per heavy atom. The Morgan fingerprint density at radius 2 is 2.14 bits per heavy atom. The fourth-order valence-electron chi connectivity index (χ4n) is 2.10. The Kier molecular flexibility index (Phi) is 3.22. The van der Waals surface area contributed by atoms with Gasteiger partial charge < -0.3 is 5.11 Å². The largest absolute Gasteiger partial charge is 0.386 e. The third-order valence-corrected chi connectivity index (χ3v) is 3.23. The summed E-state index contributed by atoms with van der Waals surface area (Å²) in [4.78, 5) is 12.2. The van der Waals surface area contributed by atoms with Gasteiger partial charge in [-0.2, -0.15) is 5.10 Å². The summed E-state index contributed by atoms with van der Waals surface area (Å²) in [5.74, 6) is -0.534. The van der Waals surface area contributed by atoms with Crippen LogP contribution < -0.4 is 5.56 Å². The van der Waals surface area contributed by atoms with Gasteiger partial charge >= 0.3 is 0 Å². The highest BCUT2D eigenvalue weighted by Gasteiger charge is 2.16. The number of benzene rings is 1. The molecular weight excluding hydrogens is 277 g/mol. The maximum Gasteiger partial charge on any atom is 0.280 e. The van der Waals surface area contributed by atoms with Crippen molar-refractivity contribution in [2.45, 2.75) is 12.6 Å². The van der Waals surface area contributed by atoms with E-state index >= 15 is 0 Å². The molecule has 3 aromatic rings. The summed E-state index contributed by atoms with van der Waals surface area (Å²) in [5, 5.41) is 21.9. The van der Waals surface area contributed by atoms with Crippen LogP contribution in [0.15, 0.2) is 35.3 Å². The van der Waals surface area contributed by atoms with E-state index in [1.165, 1.54) is 29.1 Å². The lowest BCUT2D eigenvalue weighted by Crippen LogP contribution is -2.27. The Labute approximate surface area is 118 Å². The van der Waals surface area contributed by atoms with Crippen molar-refractivity contribution >= 4 is 11.0 Å². The molecule has 2 aromatic heterocycles. The molecule has 1 atom stereocenters. The van der Waals surface area contributed by atoms with Gasteiger partial charge in [0.2, 0.25) is 0 Å². The zero-order chi connectivity index (χ0) is 15.0. The molecule has 0 aliphatic rings. The SMILES string of the molecule is Cn1ncc2c(=O)n(CC(O)c3ccccc3F)nnc21. The van der Waals surface area contributed by atoms with Gasteiger partial charge in [-0.05, 0) is 6.07 Å². The monoisotopic (exact) mass is 289 g/mol. The van der Waals surface area contributed by atoms with Gasteiger partial charge in [0, 0.05) is 12.6 Å². The third kappa shape index (κ3) is 2.29. The lowest BCUT2D eigenvalue weighted by molar-refractivity contribution is 0.144. The average Bonchev–Trinajstić information content (AvgIpc) is 2.84. The fourth-order valence-corrected chi connectivity index (χ4v) is 2.10. The van der Waals surface area contributed by atoms with E-state index in [-0.39, 0.29) is 12.1 Å². The number of halogens is 1. The van der Waals surface area contributed by atoms with Crippen molar-refractivity contribution in [2.75, 3.05) is 0 Å². The second-order valence-corrected chi connectivity index (χ2v) is 4.62. The second-order valence-electron chi connectivity index (χ2n) is 4.62. The van der Waals surface area contributed by atoms with Gasteiger partial charge in [-0.3, -0.25) is 4.79 Å². The minimum atomic E-state index is -1.19. The van der Waals surface area contributed by atoms with Crippen molar-refractivity contribution in [3.63, 3.8) is 0 Å². The first-order chi connectivity index (χ1) is 10.1. The van der Waals surface area contributed by atoms with Gasteiger partial charge in [-0.25, -0.2) is 13.8 Å². The first kappa shape index (κ1) is 13.4. The minimum Gasteiger partial charge on any atom is -0.386 e. The van der Waals surface area contributed by atoms with Gasteiger partial charge in [0.25, 0.3) is 5.56 Å². The summed E-state index contributed by atoms with van der Waals surface area (Å²) in [5.41, 5.74) is 0.0394. The van der Waals surface area contributed by atoms with Crippen LogP contribution in [-0.4, -0.2) is 29.9 Å². The standard InChI is InChI=1S/C13H12FN5O2/c1-18-12-9(6-15-18)13(21)19(17-16-12)7-11(20)8-4-2-3-5-10(8)14/h2-6,11,20H,7H2,1H3. The molecule has 1 unspecified atom stereocenters. The predicted molar refractivity (Wildman–Crippen MR) is 71.9 cm³/mol. The van der Waals surface area contributed by atoms with Crippen LogP contribution in [0.1, 0.15) is 11.7 Å². The smallest absolute Gasteiger partial charge is 0.280 e. The minimum absolute atomic E-state index is 0.109. The Hall–Kier alpha value is -2.61. The van der Waals surface area contributed by atoms with Crippen LogP contribution in [0.25, 0.3) is 11.0 Å². The Bertz CT molecular complexity index is 857. The van der Waals surface area contributed by atoms with E-state index in [2.05, 4.69) is 15.4 Å². The molecule has 0 saturated heterocycles. The molecule has 108 valence electrons. The summed E-state index contributed by atoms with van der Waals surface area (Å²) in [7, 11) is 1.65. The topological polar surface area (TPSA) is 85.8 Å². The number of hydrogen-bond acceptors (Lipinski definition) is 5. The summed E-state index contributed by atoms with van der Waals surface area (Å²) < 4.78 is 16.0. The molecule has 1 aromatic carbocycles. The summed E-state index contributed by atoms with van der Waals surface area (Å²) in [6.07, 6.45) is 0.200. The second kappa shape index (κ2) is 5.06. The van der Waals surface area contributed by atoms with Crippen molar-refractivity contribution in [2.24, 2.45) is 7.05 Å². The zero-order valence-corrected chi connectivity index (χ0v) is 11.1. The molecule has 8 heteroatoms. The molecule has 21 heavy (non-hydrogen) atoms. The predicted octanol–water partition coefficient (Wildman–Crippen LogP) is 0.398. The maximum absolute atomic E-state index is 13.6. The number of rotatable bonds is 3. The summed E-state index contributed by atoms with van der Waals surface area (Å²) >= 11 is 0.